The summed E-state index contributed by atoms with van der Waals surface area (Å²) in [5, 5.41) is 5.22. The maximum atomic E-state index is 12.3. The largest absolute Gasteiger partial charge is 0.482 e. The fourth-order valence-electron chi connectivity index (χ4n) is 2.16. The Labute approximate surface area is 156 Å². The summed E-state index contributed by atoms with van der Waals surface area (Å²) in [5.41, 5.74) is 0.993. The van der Waals surface area contributed by atoms with Gasteiger partial charge in [0.2, 0.25) is 5.91 Å². The van der Waals surface area contributed by atoms with Crippen LogP contribution in [0.5, 0.6) is 5.75 Å². The number of carbonyl (C=O) groups excluding carboxylic acids is 2. The number of rotatable bonds is 8. The lowest BCUT2D eigenvalue weighted by Crippen LogP contribution is -2.42. The highest BCUT2D eigenvalue weighted by Crippen LogP contribution is 2.25. The number of benzene rings is 1. The third kappa shape index (κ3) is 6.07. The van der Waals surface area contributed by atoms with Crippen LogP contribution in [-0.4, -0.2) is 36.4 Å². The molecule has 1 aromatic heterocycles. The first-order valence-corrected chi connectivity index (χ1v) is 9.21. The monoisotopic (exact) mass is 380 g/mol. The number of hydrogen-bond donors (Lipinski definition) is 1. The van der Waals surface area contributed by atoms with Crippen LogP contribution < -0.4 is 10.1 Å². The van der Waals surface area contributed by atoms with Crippen molar-refractivity contribution in [1.29, 1.82) is 0 Å². The number of nitrogens with one attached hydrogen (secondary N) is 1. The first-order chi connectivity index (χ1) is 12.0. The molecule has 0 spiro atoms. The van der Waals surface area contributed by atoms with Crippen LogP contribution in [0.2, 0.25) is 5.02 Å². The van der Waals surface area contributed by atoms with Crippen molar-refractivity contribution in [3.8, 4) is 5.75 Å². The molecule has 134 valence electrons. The number of amides is 2. The van der Waals surface area contributed by atoms with E-state index < -0.39 is 0 Å². The molecule has 1 aromatic carbocycles. The number of thiophene rings is 1. The summed E-state index contributed by atoms with van der Waals surface area (Å²) in [6.45, 7) is 4.49. The molecule has 0 aliphatic heterocycles. The highest BCUT2D eigenvalue weighted by Gasteiger charge is 2.16. The van der Waals surface area contributed by atoms with Gasteiger partial charge in [0.05, 0.1) is 18.1 Å². The molecule has 7 heteroatoms. The molecule has 0 saturated heterocycles. The third-order valence-corrected chi connectivity index (χ3v) is 4.74. The minimum atomic E-state index is -0.258. The molecule has 0 aliphatic carbocycles. The zero-order chi connectivity index (χ0) is 18.2. The Morgan fingerprint density at radius 1 is 1.32 bits per heavy atom. The normalized spacial score (nSPS) is 10.4. The smallest absolute Gasteiger partial charge is 0.260 e. The van der Waals surface area contributed by atoms with E-state index in [0.29, 0.717) is 23.9 Å². The Morgan fingerprint density at radius 2 is 2.12 bits per heavy atom. The van der Waals surface area contributed by atoms with Crippen LogP contribution in [0.25, 0.3) is 0 Å². The lowest BCUT2D eigenvalue weighted by atomic mass is 10.2. The summed E-state index contributed by atoms with van der Waals surface area (Å²) >= 11 is 7.63. The van der Waals surface area contributed by atoms with Crippen molar-refractivity contribution >= 4 is 34.8 Å². The fourth-order valence-corrected chi connectivity index (χ4v) is 2.97. The summed E-state index contributed by atoms with van der Waals surface area (Å²) in [7, 11) is 0. The van der Waals surface area contributed by atoms with E-state index in [1.807, 2.05) is 37.4 Å². The van der Waals surface area contributed by atoms with E-state index in [-0.39, 0.29) is 25.0 Å². The number of likely N-dealkylation sites (N-methyl/N-ethyl adjacent to an activating group) is 1. The van der Waals surface area contributed by atoms with Crippen molar-refractivity contribution in [3.63, 3.8) is 0 Å². The van der Waals surface area contributed by atoms with Gasteiger partial charge in [0.25, 0.3) is 5.91 Å². The van der Waals surface area contributed by atoms with Gasteiger partial charge in [0.1, 0.15) is 5.75 Å². The van der Waals surface area contributed by atoms with Gasteiger partial charge in [-0.15, -0.1) is 11.3 Å². The molecule has 0 saturated carbocycles. The molecule has 0 unspecified atom stereocenters. The Morgan fingerprint density at radius 3 is 2.80 bits per heavy atom. The molecule has 0 aliphatic rings. The molecule has 0 atom stereocenters. The lowest BCUT2D eigenvalue weighted by Gasteiger charge is -2.20. The number of aryl methyl sites for hydroxylation is 1. The SMILES string of the molecule is CCN(CC(=O)NCc1cccs1)C(=O)COc1cc(C)ccc1Cl. The Kier molecular flexibility index (Phi) is 7.28. The van der Waals surface area contributed by atoms with Crippen molar-refractivity contribution in [1.82, 2.24) is 10.2 Å². The Hall–Kier alpha value is -2.05. The molecule has 0 radical (unpaired) electrons. The third-order valence-electron chi connectivity index (χ3n) is 3.55. The molecular weight excluding hydrogens is 360 g/mol. The van der Waals surface area contributed by atoms with Gasteiger partial charge in [-0.05, 0) is 43.0 Å². The molecule has 2 amide bonds. The predicted octanol–water partition coefficient (Wildman–Crippen LogP) is 3.25. The van der Waals surface area contributed by atoms with Gasteiger partial charge in [0, 0.05) is 11.4 Å². The predicted molar refractivity (Wildman–Crippen MR) is 100 cm³/mol. The number of carbonyl (C=O) groups is 2. The summed E-state index contributed by atoms with van der Waals surface area (Å²) in [4.78, 5) is 26.8. The highest BCUT2D eigenvalue weighted by atomic mass is 35.5. The van der Waals surface area contributed by atoms with Gasteiger partial charge < -0.3 is 15.0 Å². The molecule has 5 nitrogen and oxygen atoms in total. The minimum Gasteiger partial charge on any atom is -0.482 e. The van der Waals surface area contributed by atoms with Gasteiger partial charge in [0.15, 0.2) is 6.61 Å². The van der Waals surface area contributed by atoms with Crippen molar-refractivity contribution < 1.29 is 14.3 Å². The van der Waals surface area contributed by atoms with Gasteiger partial charge in [-0.2, -0.15) is 0 Å². The van der Waals surface area contributed by atoms with Crippen LogP contribution in [0.15, 0.2) is 35.7 Å². The van der Waals surface area contributed by atoms with Crippen molar-refractivity contribution in [2.45, 2.75) is 20.4 Å². The minimum absolute atomic E-state index is 0.00557. The lowest BCUT2D eigenvalue weighted by molar-refractivity contribution is -0.137. The first-order valence-electron chi connectivity index (χ1n) is 7.95. The van der Waals surface area contributed by atoms with Crippen molar-refractivity contribution in [3.05, 3.63) is 51.2 Å². The molecule has 1 heterocycles. The number of hydrogen-bond acceptors (Lipinski definition) is 4. The van der Waals surface area contributed by atoms with Gasteiger partial charge >= 0.3 is 0 Å². The second kappa shape index (κ2) is 9.44. The molecular formula is C18H21ClN2O3S. The molecule has 2 aromatic rings. The molecule has 0 bridgehead atoms. The maximum absolute atomic E-state index is 12.3. The van der Waals surface area contributed by atoms with E-state index in [4.69, 9.17) is 16.3 Å². The first kappa shape index (κ1) is 19.3. The van der Waals surface area contributed by atoms with Gasteiger partial charge in [-0.1, -0.05) is 23.7 Å². The van der Waals surface area contributed by atoms with E-state index in [1.54, 1.807) is 23.5 Å². The van der Waals surface area contributed by atoms with Gasteiger partial charge in [-0.3, -0.25) is 9.59 Å². The topological polar surface area (TPSA) is 58.6 Å². The molecule has 25 heavy (non-hydrogen) atoms. The average Bonchev–Trinajstić information content (AvgIpc) is 3.12. The van der Waals surface area contributed by atoms with Crippen molar-refractivity contribution in [2.24, 2.45) is 0 Å². The van der Waals surface area contributed by atoms with Crippen LogP contribution in [0.4, 0.5) is 0 Å². The van der Waals surface area contributed by atoms with Crippen LogP contribution in [-0.2, 0) is 16.1 Å². The number of nitrogens with zero attached hydrogens (tertiary/aromatic N) is 1. The quantitative estimate of drug-likeness (QED) is 0.764. The van der Waals surface area contributed by atoms with Gasteiger partial charge in [-0.25, -0.2) is 0 Å². The van der Waals surface area contributed by atoms with E-state index in [2.05, 4.69) is 5.32 Å². The average molecular weight is 381 g/mol. The number of halogens is 1. The van der Waals surface area contributed by atoms with E-state index in [1.165, 1.54) is 4.90 Å². The fraction of sp³-hybridized carbons (Fsp3) is 0.333. The van der Waals surface area contributed by atoms with Crippen LogP contribution >= 0.6 is 22.9 Å². The zero-order valence-electron chi connectivity index (χ0n) is 14.3. The van der Waals surface area contributed by atoms with Crippen LogP contribution in [0.1, 0.15) is 17.4 Å². The Bertz CT molecular complexity index is 719. The highest BCUT2D eigenvalue weighted by molar-refractivity contribution is 7.09. The number of ether oxygens (including phenoxy) is 1. The summed E-state index contributed by atoms with van der Waals surface area (Å²) in [6.07, 6.45) is 0. The molecule has 0 fully saturated rings. The second-order valence-corrected chi connectivity index (χ2v) is 6.93. The maximum Gasteiger partial charge on any atom is 0.260 e. The van der Waals surface area contributed by atoms with Crippen molar-refractivity contribution in [2.75, 3.05) is 19.7 Å². The van der Waals surface area contributed by atoms with Crippen LogP contribution in [0, 0.1) is 6.92 Å². The molecule has 2 rings (SSSR count). The molecule has 1 N–H and O–H groups in total. The van der Waals surface area contributed by atoms with E-state index >= 15 is 0 Å². The van der Waals surface area contributed by atoms with Crippen LogP contribution in [0.3, 0.4) is 0 Å². The summed E-state index contributed by atoms with van der Waals surface area (Å²) in [6, 6.07) is 9.26. The zero-order valence-corrected chi connectivity index (χ0v) is 15.8. The van der Waals surface area contributed by atoms with E-state index in [0.717, 1.165) is 10.4 Å². The summed E-state index contributed by atoms with van der Waals surface area (Å²) in [5.74, 6) is 0.0109. The standard InChI is InChI=1S/C18H21ClN2O3S/c1-3-21(11-17(22)20-10-14-5-4-8-25-14)18(23)12-24-16-9-13(2)6-7-15(16)19/h4-9H,3,10-12H2,1-2H3,(H,20,22). The second-order valence-electron chi connectivity index (χ2n) is 5.49. The van der Waals surface area contributed by atoms with E-state index in [9.17, 15) is 9.59 Å². The summed E-state index contributed by atoms with van der Waals surface area (Å²) < 4.78 is 5.51. The Balaban J connectivity index is 1.83.